The third-order valence-electron chi connectivity index (χ3n) is 11.0. The fourth-order valence-electron chi connectivity index (χ4n) is 8.91. The van der Waals surface area contributed by atoms with Crippen LogP contribution < -0.4 is 5.56 Å². The zero-order chi connectivity index (χ0) is 26.1. The Balaban J connectivity index is 1.43. The lowest BCUT2D eigenvalue weighted by molar-refractivity contribution is -0.0760. The molecule has 3 fully saturated rings. The summed E-state index contributed by atoms with van der Waals surface area (Å²) in [7, 11) is 3.57. The van der Waals surface area contributed by atoms with Crippen molar-refractivity contribution in [3.63, 3.8) is 0 Å². The molecule has 1 saturated heterocycles. The van der Waals surface area contributed by atoms with Crippen LogP contribution in [0.1, 0.15) is 74.0 Å². The van der Waals surface area contributed by atoms with Gasteiger partial charge < -0.3 is 14.6 Å². The maximum atomic E-state index is 13.7. The zero-order valence-corrected chi connectivity index (χ0v) is 22.7. The van der Waals surface area contributed by atoms with Crippen LogP contribution in [0.4, 0.5) is 0 Å². The van der Waals surface area contributed by atoms with Gasteiger partial charge in [-0.25, -0.2) is 0 Å². The quantitative estimate of drug-likeness (QED) is 0.637. The summed E-state index contributed by atoms with van der Waals surface area (Å²) in [5.74, 6) is 1.39. The average Bonchev–Trinajstić information content (AvgIpc) is 3.64. The molecule has 2 bridgehead atoms. The largest absolute Gasteiger partial charge is 0.508 e. The number of carbonyl (C=O) groups excluding carboxylic acids is 1. The number of aromatic nitrogens is 1. The molecule has 4 aliphatic rings. The predicted molar refractivity (Wildman–Crippen MR) is 145 cm³/mol. The van der Waals surface area contributed by atoms with Crippen LogP contribution in [0.5, 0.6) is 5.75 Å². The first-order chi connectivity index (χ1) is 17.7. The second-order valence-electron chi connectivity index (χ2n) is 12.3. The van der Waals surface area contributed by atoms with Gasteiger partial charge in [-0.3, -0.25) is 14.5 Å². The first kappa shape index (κ1) is 24.7. The number of rotatable bonds is 6. The van der Waals surface area contributed by atoms with Gasteiger partial charge in [0, 0.05) is 44.2 Å². The highest BCUT2D eigenvalue weighted by Crippen LogP contribution is 2.69. The summed E-state index contributed by atoms with van der Waals surface area (Å²) in [5.41, 5.74) is 3.04. The number of nitrogens with zero attached hydrogens (tertiary/aromatic N) is 3. The molecule has 1 aromatic carbocycles. The highest BCUT2D eigenvalue weighted by atomic mass is 16.3. The summed E-state index contributed by atoms with van der Waals surface area (Å²) in [6.45, 7) is 6.88. The fourth-order valence-corrected chi connectivity index (χ4v) is 8.91. The number of fused-ring (bicyclic) bond motifs is 1. The van der Waals surface area contributed by atoms with Crippen LogP contribution in [0, 0.1) is 17.3 Å². The van der Waals surface area contributed by atoms with Crippen molar-refractivity contribution in [3.8, 4) is 5.75 Å². The van der Waals surface area contributed by atoms with E-state index >= 15 is 0 Å². The number of hydrogen-bond acceptors (Lipinski definition) is 4. The van der Waals surface area contributed by atoms with Gasteiger partial charge in [-0.15, -0.1) is 0 Å². The normalized spacial score (nSPS) is 31.5. The number of likely N-dealkylation sites (tertiary alicyclic amines) is 1. The van der Waals surface area contributed by atoms with E-state index in [1.807, 2.05) is 18.0 Å². The standard InChI is InChI=1S/C31H41N3O3/c1-5-30-14-13-24(20(2)32(3)29(37)26-7-6-8-28(36)33(26)4)31(30)15-16-34(19-21-9-10-21)27(30)17-22-11-12-23(35)18-25(22)31/h6-8,11-12,18,20-21,24,27,35H,5,9-10,13-17,19H2,1-4H3. The molecule has 37 heavy (non-hydrogen) atoms. The van der Waals surface area contributed by atoms with Gasteiger partial charge in [0.15, 0.2) is 0 Å². The van der Waals surface area contributed by atoms with Crippen molar-refractivity contribution < 1.29 is 9.90 Å². The van der Waals surface area contributed by atoms with E-state index in [0.717, 1.165) is 44.6 Å². The zero-order valence-electron chi connectivity index (χ0n) is 22.7. The Kier molecular flexibility index (Phi) is 5.83. The summed E-state index contributed by atoms with van der Waals surface area (Å²) >= 11 is 0. The number of carbonyl (C=O) groups is 1. The molecule has 198 valence electrons. The molecule has 2 saturated carbocycles. The van der Waals surface area contributed by atoms with Crippen molar-refractivity contribution in [3.05, 3.63) is 63.6 Å². The number of pyridine rings is 1. The van der Waals surface area contributed by atoms with E-state index in [2.05, 4.69) is 30.9 Å². The van der Waals surface area contributed by atoms with E-state index in [9.17, 15) is 14.7 Å². The summed E-state index contributed by atoms with van der Waals surface area (Å²) < 4.78 is 1.45. The average molecular weight is 504 g/mol. The molecule has 0 radical (unpaired) electrons. The minimum atomic E-state index is -0.168. The van der Waals surface area contributed by atoms with Crippen molar-refractivity contribution >= 4 is 5.91 Å². The molecule has 2 aromatic rings. The van der Waals surface area contributed by atoms with Gasteiger partial charge in [0.25, 0.3) is 11.5 Å². The Morgan fingerprint density at radius 2 is 1.97 bits per heavy atom. The van der Waals surface area contributed by atoms with Crippen LogP contribution in [0.2, 0.25) is 0 Å². The lowest BCUT2D eigenvalue weighted by atomic mass is 9.46. The molecule has 1 amide bonds. The monoisotopic (exact) mass is 503 g/mol. The molecule has 0 spiro atoms. The van der Waals surface area contributed by atoms with Crippen LogP contribution in [0.3, 0.4) is 0 Å². The van der Waals surface area contributed by atoms with Crippen LogP contribution in [0.15, 0.2) is 41.2 Å². The smallest absolute Gasteiger partial charge is 0.270 e. The number of amides is 1. The van der Waals surface area contributed by atoms with Crippen molar-refractivity contribution in [1.82, 2.24) is 14.4 Å². The van der Waals surface area contributed by atoms with Gasteiger partial charge in [-0.2, -0.15) is 0 Å². The van der Waals surface area contributed by atoms with E-state index in [4.69, 9.17) is 0 Å². The Bertz CT molecular complexity index is 1280. The van der Waals surface area contributed by atoms with E-state index in [-0.39, 0.29) is 34.3 Å². The van der Waals surface area contributed by atoms with Crippen molar-refractivity contribution in [1.29, 1.82) is 0 Å². The van der Waals surface area contributed by atoms with Crippen molar-refractivity contribution in [2.75, 3.05) is 20.1 Å². The van der Waals surface area contributed by atoms with Gasteiger partial charge in [0.2, 0.25) is 0 Å². The van der Waals surface area contributed by atoms with E-state index < -0.39 is 0 Å². The number of phenols is 1. The lowest BCUT2D eigenvalue weighted by Gasteiger charge is -2.64. The van der Waals surface area contributed by atoms with Gasteiger partial charge >= 0.3 is 0 Å². The third kappa shape index (κ3) is 3.47. The number of benzene rings is 1. The van der Waals surface area contributed by atoms with Gasteiger partial charge in [-0.1, -0.05) is 19.1 Å². The molecule has 2 heterocycles. The minimum Gasteiger partial charge on any atom is -0.508 e. The number of hydrogen-bond donors (Lipinski definition) is 1. The topological polar surface area (TPSA) is 65.8 Å². The fraction of sp³-hybridized carbons (Fsp3) is 0.613. The van der Waals surface area contributed by atoms with Crippen LogP contribution in [0.25, 0.3) is 0 Å². The summed E-state index contributed by atoms with van der Waals surface area (Å²) in [6.07, 6.45) is 8.21. The SMILES string of the molecule is CCC12CCC(C(C)N(C)C(=O)c3cccc(=O)n3C)C13CCN(CC1CC1)C2Cc1ccc(O)cc13. The molecule has 1 aromatic heterocycles. The molecular formula is C31H41N3O3. The number of aromatic hydroxyl groups is 1. The van der Waals surface area contributed by atoms with Crippen molar-refractivity contribution in [2.24, 2.45) is 24.3 Å². The van der Waals surface area contributed by atoms with Crippen LogP contribution in [-0.2, 0) is 18.9 Å². The third-order valence-corrected chi connectivity index (χ3v) is 11.0. The molecule has 6 heteroatoms. The molecule has 1 N–H and O–H groups in total. The highest BCUT2D eigenvalue weighted by Gasteiger charge is 2.69. The summed E-state index contributed by atoms with van der Waals surface area (Å²) in [5, 5.41) is 10.7. The minimum absolute atomic E-state index is 0.000152. The maximum absolute atomic E-state index is 13.7. The van der Waals surface area contributed by atoms with Gasteiger partial charge in [0.1, 0.15) is 11.4 Å². The molecule has 3 aliphatic carbocycles. The highest BCUT2D eigenvalue weighted by molar-refractivity contribution is 5.92. The molecule has 5 atom stereocenters. The van der Waals surface area contributed by atoms with E-state index in [1.165, 1.54) is 41.1 Å². The van der Waals surface area contributed by atoms with Crippen LogP contribution >= 0.6 is 0 Å². The van der Waals surface area contributed by atoms with Gasteiger partial charge in [0.05, 0.1) is 0 Å². The number of piperidine rings is 1. The van der Waals surface area contributed by atoms with E-state index in [0.29, 0.717) is 17.5 Å². The maximum Gasteiger partial charge on any atom is 0.270 e. The van der Waals surface area contributed by atoms with Crippen LogP contribution in [-0.4, -0.2) is 57.6 Å². The predicted octanol–water partition coefficient (Wildman–Crippen LogP) is 4.34. The first-order valence-corrected chi connectivity index (χ1v) is 14.2. The summed E-state index contributed by atoms with van der Waals surface area (Å²) in [6, 6.07) is 11.5. The molecule has 1 aliphatic heterocycles. The Morgan fingerprint density at radius 1 is 1.19 bits per heavy atom. The molecule has 6 rings (SSSR count). The Morgan fingerprint density at radius 3 is 2.70 bits per heavy atom. The van der Waals surface area contributed by atoms with Crippen molar-refractivity contribution in [2.45, 2.75) is 76.3 Å². The second-order valence-corrected chi connectivity index (χ2v) is 12.3. The first-order valence-electron chi connectivity index (χ1n) is 14.2. The lowest BCUT2D eigenvalue weighted by Crippen LogP contribution is -2.67. The molecule has 5 unspecified atom stereocenters. The van der Waals surface area contributed by atoms with Gasteiger partial charge in [-0.05, 0) is 105 Å². The van der Waals surface area contributed by atoms with E-state index in [1.54, 1.807) is 19.2 Å². The summed E-state index contributed by atoms with van der Waals surface area (Å²) in [4.78, 5) is 30.6. The number of phenolic OH excluding ortho intramolecular Hbond substituents is 1. The molecule has 6 nitrogen and oxygen atoms in total. The molecular weight excluding hydrogens is 462 g/mol. The second kappa shape index (κ2) is 8.72. The Labute approximate surface area is 220 Å². The Hall–Kier alpha value is -2.60.